The van der Waals surface area contributed by atoms with Crippen molar-refractivity contribution >= 4 is 41.0 Å². The number of benzene rings is 1. The molecule has 3 rings (SSSR count). The fourth-order valence-corrected chi connectivity index (χ4v) is 5.80. The van der Waals surface area contributed by atoms with Crippen LogP contribution in [0.2, 0.25) is 0 Å². The summed E-state index contributed by atoms with van der Waals surface area (Å²) in [6.45, 7) is 0. The second kappa shape index (κ2) is 7.20. The number of hydrogen-bond acceptors (Lipinski definition) is 7. The number of thiazole rings is 1. The number of fused-ring (bicyclic) bond motifs is 1. The number of ether oxygens (including phenoxy) is 1. The second-order valence-electron chi connectivity index (χ2n) is 6.07. The van der Waals surface area contributed by atoms with Gasteiger partial charge in [-0.3, -0.25) is 14.4 Å². The lowest BCUT2D eigenvalue weighted by molar-refractivity contribution is -0.155. The van der Waals surface area contributed by atoms with Crippen LogP contribution in [-0.4, -0.2) is 46.0 Å². The summed E-state index contributed by atoms with van der Waals surface area (Å²) < 4.78 is 4.65. The Morgan fingerprint density at radius 1 is 1.26 bits per heavy atom. The lowest BCUT2D eigenvalue weighted by Gasteiger charge is -2.39. The number of thioether (sulfide) groups is 1. The van der Waals surface area contributed by atoms with Gasteiger partial charge in [0.1, 0.15) is 0 Å². The Morgan fingerprint density at radius 3 is 2.48 bits per heavy atom. The maximum atomic E-state index is 12.2. The minimum absolute atomic E-state index is 0.00226. The summed E-state index contributed by atoms with van der Waals surface area (Å²) >= 11 is 2.01. The van der Waals surface area contributed by atoms with Crippen LogP contribution in [0, 0.1) is 5.41 Å². The van der Waals surface area contributed by atoms with Gasteiger partial charge in [-0.15, -0.1) is 11.8 Å². The van der Waals surface area contributed by atoms with E-state index in [2.05, 4.69) is 9.72 Å². The Bertz CT molecular complexity index is 962. The molecule has 10 heteroatoms. The van der Waals surface area contributed by atoms with Crippen LogP contribution in [0.4, 0.5) is 0 Å². The minimum Gasteiger partial charge on any atom is -0.481 e. The minimum atomic E-state index is -1.62. The van der Waals surface area contributed by atoms with E-state index in [-0.39, 0.29) is 16.2 Å². The summed E-state index contributed by atoms with van der Waals surface area (Å²) in [6, 6.07) is 6.12. The molecule has 0 amide bonds. The van der Waals surface area contributed by atoms with Crippen molar-refractivity contribution in [2.45, 2.75) is 17.4 Å². The van der Waals surface area contributed by atoms with E-state index in [0.717, 1.165) is 23.1 Å². The molecule has 0 bridgehead atoms. The summed E-state index contributed by atoms with van der Waals surface area (Å²) in [5, 5.41) is 19.8. The highest BCUT2D eigenvalue weighted by Gasteiger charge is 2.53. The molecule has 142 valence electrons. The molecule has 3 N–H and O–H groups in total. The number of aromatic nitrogens is 1. The molecule has 1 aromatic carbocycles. The highest BCUT2D eigenvalue weighted by molar-refractivity contribution is 7.99. The van der Waals surface area contributed by atoms with Gasteiger partial charge >= 0.3 is 22.8 Å². The van der Waals surface area contributed by atoms with E-state index in [1.54, 1.807) is 12.1 Å². The number of carbonyl (C=O) groups is 3. The van der Waals surface area contributed by atoms with E-state index in [0.29, 0.717) is 15.5 Å². The first-order valence-corrected chi connectivity index (χ1v) is 9.58. The van der Waals surface area contributed by atoms with Crippen LogP contribution in [-0.2, 0) is 14.3 Å². The number of aliphatic carboxylic acids is 2. The van der Waals surface area contributed by atoms with Gasteiger partial charge in [0.15, 0.2) is 0 Å². The maximum absolute atomic E-state index is 12.2. The molecule has 0 aliphatic carbocycles. The number of methoxy groups -OCH3 is 1. The third-order valence-electron chi connectivity index (χ3n) is 4.49. The van der Waals surface area contributed by atoms with Crippen molar-refractivity contribution in [3.63, 3.8) is 0 Å². The summed E-state index contributed by atoms with van der Waals surface area (Å²) in [5.41, 5.74) is -0.822. The number of H-pyrrole nitrogens is 1. The van der Waals surface area contributed by atoms with Gasteiger partial charge in [0, 0.05) is 16.5 Å². The van der Waals surface area contributed by atoms with E-state index in [4.69, 9.17) is 0 Å². The summed E-state index contributed by atoms with van der Waals surface area (Å²) in [5.74, 6) is -3.86. The summed E-state index contributed by atoms with van der Waals surface area (Å²) in [6.07, 6.45) is -0.593. The molecule has 0 radical (unpaired) electrons. The van der Waals surface area contributed by atoms with Crippen LogP contribution in [0.3, 0.4) is 0 Å². The zero-order chi connectivity index (χ0) is 19.8. The highest BCUT2D eigenvalue weighted by atomic mass is 32.2. The molecule has 2 atom stereocenters. The third kappa shape index (κ3) is 3.37. The van der Waals surface area contributed by atoms with Crippen molar-refractivity contribution in [1.29, 1.82) is 0 Å². The molecule has 0 fully saturated rings. The molecule has 0 spiro atoms. The van der Waals surface area contributed by atoms with Gasteiger partial charge in [-0.25, -0.2) is 4.79 Å². The third-order valence-corrected chi connectivity index (χ3v) is 6.84. The average Bonchev–Trinajstić information content (AvgIpc) is 3.00. The van der Waals surface area contributed by atoms with Crippen LogP contribution in [0.5, 0.6) is 0 Å². The van der Waals surface area contributed by atoms with E-state index in [9.17, 15) is 29.4 Å². The zero-order valence-electron chi connectivity index (χ0n) is 14.1. The van der Waals surface area contributed by atoms with Gasteiger partial charge in [0.05, 0.1) is 29.5 Å². The van der Waals surface area contributed by atoms with E-state index in [1.165, 1.54) is 19.2 Å². The predicted octanol–water partition coefficient (Wildman–Crippen LogP) is 2.01. The fourth-order valence-electron chi connectivity index (χ4n) is 3.24. The molecule has 27 heavy (non-hydrogen) atoms. The van der Waals surface area contributed by atoms with Crippen molar-refractivity contribution in [3.8, 4) is 0 Å². The van der Waals surface area contributed by atoms with Gasteiger partial charge in [-0.1, -0.05) is 23.5 Å². The van der Waals surface area contributed by atoms with Crippen LogP contribution in [0.15, 0.2) is 34.1 Å². The first kappa shape index (κ1) is 19.2. The first-order chi connectivity index (χ1) is 12.8. The van der Waals surface area contributed by atoms with Crippen LogP contribution in [0.25, 0.3) is 0 Å². The zero-order valence-corrected chi connectivity index (χ0v) is 15.7. The van der Waals surface area contributed by atoms with Gasteiger partial charge in [0.25, 0.3) is 0 Å². The monoisotopic (exact) mass is 409 g/mol. The van der Waals surface area contributed by atoms with Crippen molar-refractivity contribution in [2.24, 2.45) is 5.41 Å². The van der Waals surface area contributed by atoms with Gasteiger partial charge < -0.3 is 19.9 Å². The number of rotatable bonds is 5. The molecular weight excluding hydrogens is 394 g/mol. The van der Waals surface area contributed by atoms with Gasteiger partial charge in [0.2, 0.25) is 0 Å². The number of nitrogens with one attached hydrogen (secondary N) is 1. The molecule has 2 heterocycles. The number of hydrogen-bond donors (Lipinski definition) is 3. The van der Waals surface area contributed by atoms with Crippen LogP contribution in [0.1, 0.15) is 33.1 Å². The molecule has 0 unspecified atom stereocenters. The number of esters is 1. The quantitative estimate of drug-likeness (QED) is 0.639. The highest BCUT2D eigenvalue weighted by Crippen LogP contribution is 2.54. The Kier molecular flexibility index (Phi) is 5.11. The summed E-state index contributed by atoms with van der Waals surface area (Å²) in [7, 11) is 1.25. The largest absolute Gasteiger partial charge is 0.481 e. The Morgan fingerprint density at radius 2 is 1.93 bits per heavy atom. The smallest absolute Gasteiger partial charge is 0.337 e. The average molecular weight is 409 g/mol. The second-order valence-corrected chi connectivity index (χ2v) is 8.08. The van der Waals surface area contributed by atoms with Crippen LogP contribution < -0.4 is 4.87 Å². The Hall–Kier alpha value is -2.59. The fraction of sp³-hybridized carbons (Fsp3) is 0.294. The predicted molar refractivity (Wildman–Crippen MR) is 97.6 cm³/mol. The number of carbonyl (C=O) groups excluding carboxylic acids is 1. The molecule has 8 nitrogen and oxygen atoms in total. The first-order valence-electron chi connectivity index (χ1n) is 7.78. The topological polar surface area (TPSA) is 134 Å². The molecular formula is C17H15NO7S2. The standard InChI is InChI=1S/C17H15NO7S2/c1-25-14(21)9-4-2-8(3-5-9)11-12-13(18-16(24)27-12)26-7-17(11,15(22)23)6-10(19)20/h2-5,11H,6-7H2,1H3,(H,18,24)(H,19,20)(H,22,23)/t11-,17+/m1/s1. The molecule has 1 aromatic heterocycles. The number of carboxylic acids is 2. The van der Waals surface area contributed by atoms with E-state index in [1.807, 2.05) is 0 Å². The van der Waals surface area contributed by atoms with Crippen LogP contribution >= 0.6 is 23.1 Å². The van der Waals surface area contributed by atoms with Crippen molar-refractivity contribution in [2.75, 3.05) is 12.9 Å². The van der Waals surface area contributed by atoms with E-state index < -0.39 is 35.7 Å². The number of aromatic amines is 1. The Balaban J connectivity index is 2.18. The van der Waals surface area contributed by atoms with E-state index >= 15 is 0 Å². The SMILES string of the molecule is COC(=O)c1ccc([C@@H]2c3sc(=O)[nH]c3SC[C@]2(CC(=O)O)C(=O)O)cc1. The molecule has 0 saturated carbocycles. The van der Waals surface area contributed by atoms with Gasteiger partial charge in [-0.2, -0.15) is 0 Å². The van der Waals surface area contributed by atoms with Gasteiger partial charge in [-0.05, 0) is 17.7 Å². The lowest BCUT2D eigenvalue weighted by Crippen LogP contribution is -2.44. The maximum Gasteiger partial charge on any atom is 0.337 e. The summed E-state index contributed by atoms with van der Waals surface area (Å²) in [4.78, 5) is 50.0. The molecule has 1 aliphatic rings. The van der Waals surface area contributed by atoms with Crippen molar-refractivity contribution in [1.82, 2.24) is 4.98 Å². The molecule has 0 saturated heterocycles. The molecule has 2 aromatic rings. The van der Waals surface area contributed by atoms with Crippen molar-refractivity contribution < 1.29 is 29.3 Å². The normalized spacial score (nSPS) is 21.3. The lowest BCUT2D eigenvalue weighted by atomic mass is 9.70. The van der Waals surface area contributed by atoms with Crippen molar-refractivity contribution in [3.05, 3.63) is 49.9 Å². The number of carboxylic acid groups (broad SMARTS) is 2. The Labute approximate surface area is 161 Å². The molecule has 1 aliphatic heterocycles.